The number of fused-ring (bicyclic) bond motifs is 1. The van der Waals surface area contributed by atoms with Crippen molar-refractivity contribution in [2.75, 3.05) is 6.54 Å². The zero-order chi connectivity index (χ0) is 9.26. The molecule has 0 saturated carbocycles. The molecule has 1 atom stereocenters. The van der Waals surface area contributed by atoms with E-state index in [1.165, 1.54) is 16.7 Å². The summed E-state index contributed by atoms with van der Waals surface area (Å²) in [6.45, 7) is 3.88. The summed E-state index contributed by atoms with van der Waals surface area (Å²) >= 11 is 0. The highest BCUT2D eigenvalue weighted by molar-refractivity contribution is 5.36. The fourth-order valence-electron chi connectivity index (χ4n) is 1.96. The van der Waals surface area contributed by atoms with E-state index in [2.05, 4.69) is 30.4 Å². The van der Waals surface area contributed by atoms with Crippen molar-refractivity contribution in [3.63, 3.8) is 0 Å². The zero-order valence-corrected chi connectivity index (χ0v) is 8.01. The average molecular weight is 176 g/mol. The molecule has 2 nitrogen and oxygen atoms in total. The van der Waals surface area contributed by atoms with Crippen LogP contribution in [0.2, 0.25) is 0 Å². The Labute approximate surface area is 79.1 Å². The minimum absolute atomic E-state index is 0.467. The fourth-order valence-corrected chi connectivity index (χ4v) is 1.96. The summed E-state index contributed by atoms with van der Waals surface area (Å²) in [5, 5.41) is 3.44. The van der Waals surface area contributed by atoms with Crippen LogP contribution in [0.4, 0.5) is 0 Å². The number of benzene rings is 1. The van der Waals surface area contributed by atoms with Gasteiger partial charge in [0.05, 0.1) is 0 Å². The standard InChI is InChI=1S/C11H16N2/c1-8-3-2-4-9-5-10(6-12)13-7-11(8)9/h2-4,10,13H,5-7,12H2,1H3. The normalized spacial score (nSPS) is 21.2. The monoisotopic (exact) mass is 176 g/mol. The lowest BCUT2D eigenvalue weighted by Crippen LogP contribution is -2.41. The van der Waals surface area contributed by atoms with Gasteiger partial charge in [0.25, 0.3) is 0 Å². The maximum absolute atomic E-state index is 5.64. The van der Waals surface area contributed by atoms with Crippen LogP contribution in [0.25, 0.3) is 0 Å². The summed E-state index contributed by atoms with van der Waals surface area (Å²) in [5.74, 6) is 0. The van der Waals surface area contributed by atoms with Gasteiger partial charge in [0.1, 0.15) is 0 Å². The lowest BCUT2D eigenvalue weighted by atomic mass is 9.93. The van der Waals surface area contributed by atoms with Crippen molar-refractivity contribution in [2.24, 2.45) is 5.73 Å². The third-order valence-electron chi connectivity index (χ3n) is 2.83. The summed E-state index contributed by atoms with van der Waals surface area (Å²) < 4.78 is 0. The van der Waals surface area contributed by atoms with Crippen molar-refractivity contribution in [1.82, 2.24) is 5.32 Å². The first-order chi connectivity index (χ1) is 6.31. The van der Waals surface area contributed by atoms with Gasteiger partial charge < -0.3 is 11.1 Å². The molecule has 0 aromatic heterocycles. The van der Waals surface area contributed by atoms with E-state index in [1.807, 2.05) is 0 Å². The van der Waals surface area contributed by atoms with E-state index in [9.17, 15) is 0 Å². The van der Waals surface area contributed by atoms with Gasteiger partial charge >= 0.3 is 0 Å². The van der Waals surface area contributed by atoms with Crippen LogP contribution in [0.1, 0.15) is 16.7 Å². The largest absolute Gasteiger partial charge is 0.329 e. The molecule has 0 bridgehead atoms. The number of nitrogens with two attached hydrogens (primary N) is 1. The molecule has 1 unspecified atom stereocenters. The van der Waals surface area contributed by atoms with Gasteiger partial charge in [0.15, 0.2) is 0 Å². The Kier molecular flexibility index (Phi) is 2.34. The molecule has 2 heteroatoms. The van der Waals surface area contributed by atoms with Gasteiger partial charge in [-0.1, -0.05) is 18.2 Å². The maximum Gasteiger partial charge on any atom is 0.0233 e. The molecular weight excluding hydrogens is 160 g/mol. The SMILES string of the molecule is Cc1cccc2c1CNC(CN)C2. The summed E-state index contributed by atoms with van der Waals surface area (Å²) in [7, 11) is 0. The van der Waals surface area contributed by atoms with Gasteiger partial charge in [-0.15, -0.1) is 0 Å². The van der Waals surface area contributed by atoms with Crippen LogP contribution in [-0.4, -0.2) is 12.6 Å². The fraction of sp³-hybridized carbons (Fsp3) is 0.455. The summed E-state index contributed by atoms with van der Waals surface area (Å²) in [4.78, 5) is 0. The first-order valence-electron chi connectivity index (χ1n) is 4.82. The van der Waals surface area contributed by atoms with Crippen molar-refractivity contribution in [1.29, 1.82) is 0 Å². The Hall–Kier alpha value is -0.860. The summed E-state index contributed by atoms with van der Waals surface area (Å²) in [5.41, 5.74) is 9.96. The average Bonchev–Trinajstić information content (AvgIpc) is 2.18. The van der Waals surface area contributed by atoms with Crippen LogP contribution in [0.15, 0.2) is 18.2 Å². The molecule has 1 heterocycles. The van der Waals surface area contributed by atoms with Crippen LogP contribution in [-0.2, 0) is 13.0 Å². The molecule has 13 heavy (non-hydrogen) atoms. The second-order valence-corrected chi connectivity index (χ2v) is 3.73. The summed E-state index contributed by atoms with van der Waals surface area (Å²) in [6, 6.07) is 6.98. The van der Waals surface area contributed by atoms with Crippen molar-refractivity contribution in [3.8, 4) is 0 Å². The van der Waals surface area contributed by atoms with Crippen molar-refractivity contribution in [2.45, 2.75) is 25.9 Å². The highest BCUT2D eigenvalue weighted by Gasteiger charge is 2.16. The van der Waals surface area contributed by atoms with Gasteiger partial charge in [-0.05, 0) is 30.0 Å². The highest BCUT2D eigenvalue weighted by atomic mass is 14.9. The van der Waals surface area contributed by atoms with Gasteiger partial charge in [-0.2, -0.15) is 0 Å². The lowest BCUT2D eigenvalue weighted by Gasteiger charge is -2.26. The molecule has 1 aromatic carbocycles. The van der Waals surface area contributed by atoms with Gasteiger partial charge in [-0.25, -0.2) is 0 Å². The molecule has 0 saturated heterocycles. The zero-order valence-electron chi connectivity index (χ0n) is 8.01. The number of hydrogen-bond donors (Lipinski definition) is 2. The van der Waals surface area contributed by atoms with Gasteiger partial charge in [0, 0.05) is 19.1 Å². The molecule has 0 radical (unpaired) electrons. The third-order valence-corrected chi connectivity index (χ3v) is 2.83. The smallest absolute Gasteiger partial charge is 0.0233 e. The van der Waals surface area contributed by atoms with Crippen LogP contribution in [0, 0.1) is 6.92 Å². The Morgan fingerprint density at radius 3 is 3.15 bits per heavy atom. The minimum Gasteiger partial charge on any atom is -0.329 e. The number of aryl methyl sites for hydroxylation is 1. The van der Waals surface area contributed by atoms with Crippen LogP contribution in [0.5, 0.6) is 0 Å². The molecule has 0 amide bonds. The molecule has 70 valence electrons. The Balaban J connectivity index is 2.31. The van der Waals surface area contributed by atoms with E-state index in [0.29, 0.717) is 6.04 Å². The van der Waals surface area contributed by atoms with E-state index < -0.39 is 0 Å². The van der Waals surface area contributed by atoms with Crippen molar-refractivity contribution < 1.29 is 0 Å². The minimum atomic E-state index is 0.467. The molecule has 0 aliphatic carbocycles. The Bertz CT molecular complexity index is 307. The molecule has 3 N–H and O–H groups in total. The van der Waals surface area contributed by atoms with Crippen LogP contribution < -0.4 is 11.1 Å². The van der Waals surface area contributed by atoms with Crippen molar-refractivity contribution in [3.05, 3.63) is 34.9 Å². The second-order valence-electron chi connectivity index (χ2n) is 3.73. The molecule has 1 aliphatic heterocycles. The molecule has 2 rings (SSSR count). The quantitative estimate of drug-likeness (QED) is 0.669. The number of rotatable bonds is 1. The van der Waals surface area contributed by atoms with Crippen LogP contribution in [0.3, 0.4) is 0 Å². The summed E-state index contributed by atoms with van der Waals surface area (Å²) in [6.07, 6.45) is 1.08. The third kappa shape index (κ3) is 1.60. The maximum atomic E-state index is 5.64. The Morgan fingerprint density at radius 1 is 1.54 bits per heavy atom. The van der Waals surface area contributed by atoms with E-state index in [0.717, 1.165) is 19.5 Å². The van der Waals surface area contributed by atoms with Gasteiger partial charge in [0.2, 0.25) is 0 Å². The van der Waals surface area contributed by atoms with E-state index in [1.54, 1.807) is 0 Å². The first-order valence-corrected chi connectivity index (χ1v) is 4.82. The predicted octanol–water partition coefficient (Wildman–Crippen LogP) is 0.968. The molecular formula is C11H16N2. The molecule has 0 fully saturated rings. The van der Waals surface area contributed by atoms with Crippen molar-refractivity contribution >= 4 is 0 Å². The number of nitrogens with one attached hydrogen (secondary N) is 1. The number of hydrogen-bond acceptors (Lipinski definition) is 2. The highest BCUT2D eigenvalue weighted by Crippen LogP contribution is 2.19. The first kappa shape index (κ1) is 8.73. The molecule has 1 aliphatic rings. The topological polar surface area (TPSA) is 38.0 Å². The van der Waals surface area contributed by atoms with Crippen LogP contribution >= 0.6 is 0 Å². The van der Waals surface area contributed by atoms with E-state index >= 15 is 0 Å². The molecule has 1 aromatic rings. The lowest BCUT2D eigenvalue weighted by molar-refractivity contribution is 0.486. The predicted molar refractivity (Wildman–Crippen MR) is 54.6 cm³/mol. The Morgan fingerprint density at radius 2 is 2.38 bits per heavy atom. The second kappa shape index (κ2) is 3.48. The van der Waals surface area contributed by atoms with E-state index in [-0.39, 0.29) is 0 Å². The van der Waals surface area contributed by atoms with E-state index in [4.69, 9.17) is 5.73 Å². The molecule has 0 spiro atoms. The van der Waals surface area contributed by atoms with Gasteiger partial charge in [-0.3, -0.25) is 0 Å².